The van der Waals surface area contributed by atoms with Gasteiger partial charge < -0.3 is 5.32 Å². The number of aromatic nitrogens is 1. The first-order valence-electron chi connectivity index (χ1n) is 6.57. The van der Waals surface area contributed by atoms with Crippen molar-refractivity contribution in [3.8, 4) is 0 Å². The second-order valence-electron chi connectivity index (χ2n) is 5.01. The maximum Gasteiger partial charge on any atom is 0.212 e. The number of hydrogen-bond donors (Lipinski definition) is 1. The van der Waals surface area contributed by atoms with E-state index in [0.29, 0.717) is 11.8 Å². The van der Waals surface area contributed by atoms with E-state index in [-0.39, 0.29) is 0 Å². The van der Waals surface area contributed by atoms with Crippen LogP contribution in [0, 0.1) is 11.9 Å². The quantitative estimate of drug-likeness (QED) is 0.818. The molecule has 0 aliphatic heterocycles. The Bertz CT molecular complexity index is 494. The van der Waals surface area contributed by atoms with E-state index in [2.05, 4.69) is 48.4 Å². The van der Waals surface area contributed by atoms with Gasteiger partial charge in [-0.15, -0.1) is 0 Å². The predicted molar refractivity (Wildman–Crippen MR) is 76.7 cm³/mol. The number of halogens is 1. The maximum absolute atomic E-state index is 12.7. The summed E-state index contributed by atoms with van der Waals surface area (Å²) in [6.45, 7) is 5.24. The first kappa shape index (κ1) is 13.5. The highest BCUT2D eigenvalue weighted by Crippen LogP contribution is 2.24. The Morgan fingerprint density at radius 2 is 1.84 bits per heavy atom. The van der Waals surface area contributed by atoms with Gasteiger partial charge in [0, 0.05) is 12.5 Å². The lowest BCUT2D eigenvalue weighted by atomic mass is 9.88. The molecular formula is C16H19FN2. The zero-order chi connectivity index (χ0) is 13.7. The lowest BCUT2D eigenvalue weighted by Crippen LogP contribution is -2.17. The van der Waals surface area contributed by atoms with Gasteiger partial charge in [0.25, 0.3) is 0 Å². The molecule has 0 radical (unpaired) electrons. The maximum atomic E-state index is 12.7. The highest BCUT2D eigenvalue weighted by atomic mass is 19.1. The van der Waals surface area contributed by atoms with Crippen LogP contribution in [0.3, 0.4) is 0 Å². The number of pyridine rings is 1. The molecule has 1 aromatic carbocycles. The van der Waals surface area contributed by atoms with Crippen LogP contribution < -0.4 is 5.32 Å². The molecule has 0 spiro atoms. The number of hydrogen-bond acceptors (Lipinski definition) is 2. The number of rotatable bonds is 5. The van der Waals surface area contributed by atoms with Crippen LogP contribution in [-0.4, -0.2) is 11.5 Å². The molecule has 1 N–H and O–H groups in total. The fourth-order valence-corrected chi connectivity index (χ4v) is 2.15. The van der Waals surface area contributed by atoms with Gasteiger partial charge in [0.15, 0.2) is 0 Å². The van der Waals surface area contributed by atoms with Gasteiger partial charge in [-0.25, -0.2) is 4.98 Å². The largest absolute Gasteiger partial charge is 0.383 e. The summed E-state index contributed by atoms with van der Waals surface area (Å²) >= 11 is 0. The Balaban J connectivity index is 2.04. The first-order valence-corrected chi connectivity index (χ1v) is 6.57. The van der Waals surface area contributed by atoms with Gasteiger partial charge in [-0.3, -0.25) is 0 Å². The third-order valence-electron chi connectivity index (χ3n) is 3.29. The van der Waals surface area contributed by atoms with E-state index in [4.69, 9.17) is 0 Å². The second-order valence-corrected chi connectivity index (χ2v) is 5.01. The molecule has 0 amide bonds. The molecule has 1 unspecified atom stereocenters. The number of nitrogens with one attached hydrogen (secondary N) is 1. The summed E-state index contributed by atoms with van der Waals surface area (Å²) in [5.74, 6) is 0.503. The Morgan fingerprint density at radius 3 is 2.42 bits per heavy atom. The van der Waals surface area contributed by atoms with Crippen LogP contribution in [0.2, 0.25) is 0 Å². The van der Waals surface area contributed by atoms with Crippen molar-refractivity contribution in [1.82, 2.24) is 4.98 Å². The van der Waals surface area contributed by atoms with Crippen molar-refractivity contribution in [2.45, 2.75) is 19.8 Å². The molecule has 100 valence electrons. The molecule has 2 aromatic rings. The van der Waals surface area contributed by atoms with Crippen LogP contribution in [0.15, 0.2) is 48.7 Å². The predicted octanol–water partition coefficient (Wildman–Crippen LogP) is 4.07. The Morgan fingerprint density at radius 1 is 1.11 bits per heavy atom. The molecule has 1 atom stereocenters. The highest BCUT2D eigenvalue weighted by molar-refractivity contribution is 5.40. The first-order chi connectivity index (χ1) is 9.16. The Labute approximate surface area is 113 Å². The summed E-state index contributed by atoms with van der Waals surface area (Å²) in [5, 5.41) is 3.32. The SMILES string of the molecule is CC(C)C(CNc1ccc(F)nc1)c1ccccc1. The van der Waals surface area contributed by atoms with Gasteiger partial charge in [0.05, 0.1) is 11.9 Å². The van der Waals surface area contributed by atoms with Crippen LogP contribution in [-0.2, 0) is 0 Å². The molecule has 2 nitrogen and oxygen atoms in total. The van der Waals surface area contributed by atoms with Crippen LogP contribution in [0.5, 0.6) is 0 Å². The number of nitrogens with zero attached hydrogens (tertiary/aromatic N) is 1. The van der Waals surface area contributed by atoms with E-state index in [9.17, 15) is 4.39 Å². The van der Waals surface area contributed by atoms with Gasteiger partial charge in [0.2, 0.25) is 5.95 Å². The van der Waals surface area contributed by atoms with Crippen molar-refractivity contribution in [2.75, 3.05) is 11.9 Å². The van der Waals surface area contributed by atoms with Crippen molar-refractivity contribution in [1.29, 1.82) is 0 Å². The van der Waals surface area contributed by atoms with Gasteiger partial charge in [-0.1, -0.05) is 44.2 Å². The summed E-state index contributed by atoms with van der Waals surface area (Å²) in [6.07, 6.45) is 1.53. The molecule has 1 aromatic heterocycles. The fraction of sp³-hybridized carbons (Fsp3) is 0.312. The second kappa shape index (κ2) is 6.32. The zero-order valence-corrected chi connectivity index (χ0v) is 11.3. The summed E-state index contributed by atoms with van der Waals surface area (Å²) in [4.78, 5) is 3.65. The average molecular weight is 258 g/mol. The monoisotopic (exact) mass is 258 g/mol. The third kappa shape index (κ3) is 3.78. The van der Waals surface area contributed by atoms with E-state index in [0.717, 1.165) is 12.2 Å². The van der Waals surface area contributed by atoms with E-state index in [1.807, 2.05) is 6.07 Å². The molecule has 0 aliphatic rings. The molecule has 0 aliphatic carbocycles. The lowest BCUT2D eigenvalue weighted by Gasteiger charge is -2.22. The van der Waals surface area contributed by atoms with E-state index >= 15 is 0 Å². The smallest absolute Gasteiger partial charge is 0.212 e. The molecule has 1 heterocycles. The summed E-state index contributed by atoms with van der Waals surface area (Å²) in [7, 11) is 0. The topological polar surface area (TPSA) is 24.9 Å². The van der Waals surface area contributed by atoms with E-state index in [1.165, 1.54) is 17.8 Å². The molecule has 0 saturated carbocycles. The normalized spacial score (nSPS) is 12.4. The minimum absolute atomic E-state index is 0.422. The summed E-state index contributed by atoms with van der Waals surface area (Å²) in [6, 6.07) is 13.5. The van der Waals surface area contributed by atoms with E-state index in [1.54, 1.807) is 6.07 Å². The Hall–Kier alpha value is -1.90. The molecule has 19 heavy (non-hydrogen) atoms. The molecule has 0 bridgehead atoms. The average Bonchev–Trinajstić information content (AvgIpc) is 2.42. The van der Waals surface area contributed by atoms with Crippen molar-refractivity contribution >= 4 is 5.69 Å². The van der Waals surface area contributed by atoms with Crippen molar-refractivity contribution in [2.24, 2.45) is 5.92 Å². The van der Waals surface area contributed by atoms with Gasteiger partial charge in [-0.05, 0) is 23.6 Å². The van der Waals surface area contributed by atoms with Crippen molar-refractivity contribution in [3.63, 3.8) is 0 Å². The molecule has 0 fully saturated rings. The van der Waals surface area contributed by atoms with Crippen LogP contribution >= 0.6 is 0 Å². The molecular weight excluding hydrogens is 239 g/mol. The molecule has 0 saturated heterocycles. The zero-order valence-electron chi connectivity index (χ0n) is 11.3. The minimum Gasteiger partial charge on any atom is -0.383 e. The minimum atomic E-state index is -0.450. The lowest BCUT2D eigenvalue weighted by molar-refractivity contribution is 0.516. The van der Waals surface area contributed by atoms with Crippen LogP contribution in [0.1, 0.15) is 25.3 Å². The van der Waals surface area contributed by atoms with Crippen molar-refractivity contribution < 1.29 is 4.39 Å². The van der Waals surface area contributed by atoms with Gasteiger partial charge >= 0.3 is 0 Å². The summed E-state index contributed by atoms with van der Waals surface area (Å²) in [5.41, 5.74) is 2.17. The van der Waals surface area contributed by atoms with E-state index < -0.39 is 5.95 Å². The fourth-order valence-electron chi connectivity index (χ4n) is 2.15. The standard InChI is InChI=1S/C16H19FN2/c1-12(2)15(13-6-4-3-5-7-13)11-18-14-8-9-16(17)19-10-14/h3-10,12,15,18H,11H2,1-2H3. The van der Waals surface area contributed by atoms with Crippen LogP contribution in [0.25, 0.3) is 0 Å². The Kier molecular flexibility index (Phi) is 4.50. The van der Waals surface area contributed by atoms with Gasteiger partial charge in [0.1, 0.15) is 0 Å². The molecule has 2 rings (SSSR count). The number of benzene rings is 1. The third-order valence-corrected chi connectivity index (χ3v) is 3.29. The van der Waals surface area contributed by atoms with Crippen LogP contribution in [0.4, 0.5) is 10.1 Å². The highest BCUT2D eigenvalue weighted by Gasteiger charge is 2.15. The molecule has 3 heteroatoms. The number of anilines is 1. The van der Waals surface area contributed by atoms with Gasteiger partial charge in [-0.2, -0.15) is 4.39 Å². The van der Waals surface area contributed by atoms with Crippen molar-refractivity contribution in [3.05, 3.63) is 60.2 Å². The summed E-state index contributed by atoms with van der Waals surface area (Å²) < 4.78 is 12.7.